The molecule has 2 aromatic rings. The molecule has 0 heterocycles. The molecule has 0 aliphatic heterocycles. The summed E-state index contributed by atoms with van der Waals surface area (Å²) in [6, 6.07) is 8.94. The fourth-order valence-corrected chi connectivity index (χ4v) is 2.09. The van der Waals surface area contributed by atoms with Crippen molar-refractivity contribution in [3.8, 4) is 11.5 Å². The summed E-state index contributed by atoms with van der Waals surface area (Å²) in [5.74, 6) is -1.80. The smallest absolute Gasteiger partial charge is 0.275 e. The van der Waals surface area contributed by atoms with Gasteiger partial charge in [0.05, 0.1) is 16.9 Å². The highest BCUT2D eigenvalue weighted by Crippen LogP contribution is 2.22. The van der Waals surface area contributed by atoms with Crippen molar-refractivity contribution in [1.29, 1.82) is 0 Å². The minimum Gasteiger partial charge on any atom is -0.508 e. The number of nitro groups is 1. The molecule has 0 aromatic heterocycles. The van der Waals surface area contributed by atoms with Crippen LogP contribution in [-0.2, 0) is 4.79 Å². The molecule has 0 unspecified atom stereocenters. The molecule has 0 fully saturated rings. The fourth-order valence-electron chi connectivity index (χ4n) is 2.09. The summed E-state index contributed by atoms with van der Waals surface area (Å²) in [6.45, 7) is 1.50. The largest absolute Gasteiger partial charge is 0.508 e. The predicted octanol–water partition coefficient (Wildman–Crippen LogP) is 2.14. The average molecular weight is 372 g/mol. The Morgan fingerprint density at radius 3 is 2.59 bits per heavy atom. The number of non-ortho nitro benzene ring substituents is 1. The van der Waals surface area contributed by atoms with Gasteiger partial charge in [-0.25, -0.2) is 5.43 Å². The van der Waals surface area contributed by atoms with Crippen LogP contribution in [-0.4, -0.2) is 32.7 Å². The van der Waals surface area contributed by atoms with Gasteiger partial charge in [-0.15, -0.1) is 0 Å². The van der Waals surface area contributed by atoms with Gasteiger partial charge in [0.25, 0.3) is 11.6 Å². The van der Waals surface area contributed by atoms with Gasteiger partial charge in [-0.2, -0.15) is 5.10 Å². The number of amides is 2. The summed E-state index contributed by atoms with van der Waals surface area (Å²) >= 11 is 0. The lowest BCUT2D eigenvalue weighted by atomic mass is 10.2. The molecule has 0 radical (unpaired) electrons. The summed E-state index contributed by atoms with van der Waals surface area (Å²) in [7, 11) is 0. The van der Waals surface area contributed by atoms with Crippen LogP contribution < -0.4 is 10.7 Å². The Kier molecular flexibility index (Phi) is 6.05. The van der Waals surface area contributed by atoms with Crippen molar-refractivity contribution in [2.75, 3.05) is 5.32 Å². The molecule has 2 aromatic carbocycles. The molecule has 4 N–H and O–H groups in total. The highest BCUT2D eigenvalue weighted by molar-refractivity contribution is 6.06. The molecular weight excluding hydrogens is 356 g/mol. The highest BCUT2D eigenvalue weighted by atomic mass is 16.6. The number of phenolic OH excluding ortho intramolecular Hbond substituents is 2. The molecule has 0 spiro atoms. The number of nitrogens with one attached hydrogen (secondary N) is 2. The van der Waals surface area contributed by atoms with Crippen LogP contribution in [0.2, 0.25) is 0 Å². The van der Waals surface area contributed by atoms with E-state index in [1.165, 1.54) is 43.3 Å². The summed E-state index contributed by atoms with van der Waals surface area (Å²) in [6.07, 6.45) is -0.162. The molecule has 0 aliphatic rings. The standard InChI is InChI=1S/C17H16N4O6/c1-10(19-20-17(25)14-6-5-13(22)9-15(14)23)7-16(24)18-11-3-2-4-12(8-11)21(26)27/h2-6,8-9,22-23H,7H2,1H3,(H,18,24)(H,20,25)/b19-10-. The van der Waals surface area contributed by atoms with E-state index < -0.39 is 22.5 Å². The van der Waals surface area contributed by atoms with E-state index in [0.29, 0.717) is 0 Å². The van der Waals surface area contributed by atoms with Crippen LogP contribution in [0, 0.1) is 10.1 Å². The van der Waals surface area contributed by atoms with E-state index in [2.05, 4.69) is 15.8 Å². The van der Waals surface area contributed by atoms with Gasteiger partial charge in [-0.05, 0) is 25.1 Å². The Bertz CT molecular complexity index is 925. The first-order valence-corrected chi connectivity index (χ1v) is 7.66. The van der Waals surface area contributed by atoms with Gasteiger partial charge < -0.3 is 15.5 Å². The zero-order chi connectivity index (χ0) is 20.0. The van der Waals surface area contributed by atoms with Gasteiger partial charge in [0.15, 0.2) is 0 Å². The topological polar surface area (TPSA) is 154 Å². The number of hydrogen-bond acceptors (Lipinski definition) is 7. The van der Waals surface area contributed by atoms with Crippen molar-refractivity contribution in [1.82, 2.24) is 5.43 Å². The number of carbonyl (C=O) groups is 2. The van der Waals surface area contributed by atoms with Gasteiger partial charge in [-0.3, -0.25) is 19.7 Å². The highest BCUT2D eigenvalue weighted by Gasteiger charge is 2.12. The molecule has 0 aliphatic carbocycles. The maximum atomic E-state index is 12.0. The summed E-state index contributed by atoms with van der Waals surface area (Å²) in [4.78, 5) is 34.1. The second-order valence-corrected chi connectivity index (χ2v) is 5.52. The van der Waals surface area contributed by atoms with Crippen LogP contribution >= 0.6 is 0 Å². The maximum absolute atomic E-state index is 12.0. The summed E-state index contributed by atoms with van der Waals surface area (Å²) in [5.41, 5.74) is 2.48. The molecule has 0 atom stereocenters. The van der Waals surface area contributed by atoms with Gasteiger partial charge in [0.2, 0.25) is 5.91 Å². The number of hydrogen-bond donors (Lipinski definition) is 4. The fraction of sp³-hybridized carbons (Fsp3) is 0.118. The summed E-state index contributed by atoms with van der Waals surface area (Å²) in [5, 5.41) is 35.8. The Balaban J connectivity index is 1.94. The number of benzene rings is 2. The molecule has 140 valence electrons. The molecule has 0 saturated heterocycles. The minimum absolute atomic E-state index is 0.0922. The predicted molar refractivity (Wildman–Crippen MR) is 96.7 cm³/mol. The lowest BCUT2D eigenvalue weighted by Crippen LogP contribution is -2.21. The molecule has 2 rings (SSSR count). The number of hydrazone groups is 1. The molecule has 0 bridgehead atoms. The van der Waals surface area contributed by atoms with E-state index in [-0.39, 0.29) is 34.8 Å². The lowest BCUT2D eigenvalue weighted by molar-refractivity contribution is -0.384. The van der Waals surface area contributed by atoms with E-state index >= 15 is 0 Å². The van der Waals surface area contributed by atoms with Crippen LogP contribution in [0.25, 0.3) is 0 Å². The van der Waals surface area contributed by atoms with Crippen LogP contribution in [0.1, 0.15) is 23.7 Å². The maximum Gasteiger partial charge on any atom is 0.275 e. The first-order chi connectivity index (χ1) is 12.8. The zero-order valence-corrected chi connectivity index (χ0v) is 14.2. The van der Waals surface area contributed by atoms with Crippen LogP contribution in [0.5, 0.6) is 11.5 Å². The van der Waals surface area contributed by atoms with Gasteiger partial charge >= 0.3 is 0 Å². The Morgan fingerprint density at radius 1 is 1.19 bits per heavy atom. The second-order valence-electron chi connectivity index (χ2n) is 5.52. The lowest BCUT2D eigenvalue weighted by Gasteiger charge is -2.06. The van der Waals surface area contributed by atoms with Crippen molar-refractivity contribution in [3.05, 3.63) is 58.1 Å². The van der Waals surface area contributed by atoms with Crippen LogP contribution in [0.3, 0.4) is 0 Å². The van der Waals surface area contributed by atoms with Gasteiger partial charge in [0, 0.05) is 29.6 Å². The van der Waals surface area contributed by atoms with Crippen molar-refractivity contribution in [3.63, 3.8) is 0 Å². The van der Waals surface area contributed by atoms with Gasteiger partial charge in [0.1, 0.15) is 11.5 Å². The van der Waals surface area contributed by atoms with E-state index in [1.54, 1.807) is 0 Å². The van der Waals surface area contributed by atoms with Crippen LogP contribution in [0.4, 0.5) is 11.4 Å². The SMILES string of the molecule is C/C(CC(=O)Nc1cccc([N+](=O)[O-])c1)=N/NC(=O)c1ccc(O)cc1O. The number of carbonyl (C=O) groups excluding carboxylic acids is 2. The first-order valence-electron chi connectivity index (χ1n) is 7.66. The van der Waals surface area contributed by atoms with E-state index in [4.69, 9.17) is 0 Å². The van der Waals surface area contributed by atoms with E-state index in [1.807, 2.05) is 0 Å². The average Bonchev–Trinajstić information content (AvgIpc) is 2.59. The molecular formula is C17H16N4O6. The number of aromatic hydroxyl groups is 2. The molecule has 0 saturated carbocycles. The normalized spacial score (nSPS) is 10.9. The third-order valence-corrected chi connectivity index (χ3v) is 3.33. The molecule has 10 nitrogen and oxygen atoms in total. The second kappa shape index (κ2) is 8.43. The zero-order valence-electron chi connectivity index (χ0n) is 14.2. The summed E-state index contributed by atoms with van der Waals surface area (Å²) < 4.78 is 0. The Hall–Kier alpha value is -3.95. The first kappa shape index (κ1) is 19.4. The quantitative estimate of drug-likeness (QED) is 0.346. The molecule has 2 amide bonds. The van der Waals surface area contributed by atoms with Crippen molar-refractivity contribution < 1.29 is 24.7 Å². The number of nitro benzene ring substituents is 1. The van der Waals surface area contributed by atoms with Gasteiger partial charge in [-0.1, -0.05) is 6.07 Å². The number of phenols is 2. The van der Waals surface area contributed by atoms with Crippen LogP contribution in [0.15, 0.2) is 47.6 Å². The Labute approximate surface area is 153 Å². The van der Waals surface area contributed by atoms with E-state index in [0.717, 1.165) is 6.07 Å². The number of anilines is 1. The van der Waals surface area contributed by atoms with Crippen molar-refractivity contribution >= 4 is 28.9 Å². The van der Waals surface area contributed by atoms with E-state index in [9.17, 15) is 29.9 Å². The minimum atomic E-state index is -0.717. The third kappa shape index (κ3) is 5.53. The molecule has 10 heteroatoms. The van der Waals surface area contributed by atoms with Crippen molar-refractivity contribution in [2.24, 2.45) is 5.10 Å². The number of rotatable bonds is 6. The Morgan fingerprint density at radius 2 is 1.93 bits per heavy atom. The number of nitrogens with zero attached hydrogens (tertiary/aromatic N) is 2. The van der Waals surface area contributed by atoms with Crippen molar-refractivity contribution in [2.45, 2.75) is 13.3 Å². The third-order valence-electron chi connectivity index (χ3n) is 3.33. The monoisotopic (exact) mass is 372 g/mol. The molecule has 27 heavy (non-hydrogen) atoms.